The van der Waals surface area contributed by atoms with Gasteiger partial charge >= 0.3 is 5.97 Å². The van der Waals surface area contributed by atoms with E-state index < -0.39 is 0 Å². The highest BCUT2D eigenvalue weighted by Gasteiger charge is 2.07. The van der Waals surface area contributed by atoms with Crippen molar-refractivity contribution in [3.63, 3.8) is 0 Å². The first-order chi connectivity index (χ1) is 13.1. The van der Waals surface area contributed by atoms with Crippen molar-refractivity contribution in [2.45, 2.75) is 26.7 Å². The summed E-state index contributed by atoms with van der Waals surface area (Å²) in [6.07, 6.45) is 1.74. The van der Waals surface area contributed by atoms with Crippen LogP contribution >= 0.6 is 0 Å². The maximum absolute atomic E-state index is 12.1. The van der Waals surface area contributed by atoms with Crippen molar-refractivity contribution in [3.8, 4) is 5.75 Å². The van der Waals surface area contributed by atoms with Gasteiger partial charge in [0.2, 0.25) is 5.91 Å². The van der Waals surface area contributed by atoms with E-state index in [1.54, 1.807) is 36.4 Å². The first-order valence-electron chi connectivity index (χ1n) is 9.16. The Morgan fingerprint density at radius 2 is 1.48 bits per heavy atom. The van der Waals surface area contributed by atoms with Crippen LogP contribution in [0.1, 0.15) is 37.0 Å². The number of anilines is 2. The molecule has 2 rings (SSSR count). The second-order valence-corrected chi connectivity index (χ2v) is 5.99. The number of esters is 1. The highest BCUT2D eigenvalue weighted by molar-refractivity contribution is 5.94. The Morgan fingerprint density at radius 3 is 2.11 bits per heavy atom. The molecule has 0 aliphatic carbocycles. The minimum absolute atomic E-state index is 0.119. The third-order valence-electron chi connectivity index (χ3n) is 3.62. The zero-order valence-electron chi connectivity index (χ0n) is 15.8. The molecule has 2 N–H and O–H groups in total. The van der Waals surface area contributed by atoms with Gasteiger partial charge in [-0.3, -0.25) is 4.79 Å². The van der Waals surface area contributed by atoms with Gasteiger partial charge in [0, 0.05) is 11.4 Å². The minimum atomic E-state index is -0.340. The molecule has 0 spiro atoms. The maximum Gasteiger partial charge on any atom is 0.338 e. The molecule has 1 amide bonds. The number of nitrogens with one attached hydrogen (secondary N) is 2. The van der Waals surface area contributed by atoms with Crippen LogP contribution in [0.2, 0.25) is 0 Å². The van der Waals surface area contributed by atoms with Crippen LogP contribution in [0.4, 0.5) is 11.4 Å². The molecule has 0 atom stereocenters. The van der Waals surface area contributed by atoms with E-state index >= 15 is 0 Å². The van der Waals surface area contributed by atoms with Gasteiger partial charge < -0.3 is 20.1 Å². The fraction of sp³-hybridized carbons (Fsp3) is 0.333. The van der Waals surface area contributed by atoms with Crippen molar-refractivity contribution in [2.24, 2.45) is 0 Å². The molecule has 0 bridgehead atoms. The first kappa shape index (κ1) is 20.3. The maximum atomic E-state index is 12.1. The number of benzene rings is 2. The molecule has 0 saturated carbocycles. The van der Waals surface area contributed by atoms with Gasteiger partial charge in [-0.05, 0) is 61.4 Å². The minimum Gasteiger partial charge on any atom is -0.494 e. The summed E-state index contributed by atoms with van der Waals surface area (Å²) in [5.41, 5.74) is 1.95. The molecule has 0 radical (unpaired) electrons. The number of amides is 1. The van der Waals surface area contributed by atoms with Crippen molar-refractivity contribution in [3.05, 3.63) is 54.1 Å². The topological polar surface area (TPSA) is 76.7 Å². The molecule has 2 aromatic carbocycles. The Morgan fingerprint density at radius 1 is 0.852 bits per heavy atom. The van der Waals surface area contributed by atoms with Gasteiger partial charge in [-0.25, -0.2) is 4.79 Å². The van der Waals surface area contributed by atoms with E-state index in [0.717, 1.165) is 24.3 Å². The van der Waals surface area contributed by atoms with E-state index in [-0.39, 0.29) is 18.4 Å². The zero-order chi connectivity index (χ0) is 19.5. The van der Waals surface area contributed by atoms with Crippen LogP contribution in [0.3, 0.4) is 0 Å². The number of carbonyl (C=O) groups excluding carboxylic acids is 2. The fourth-order valence-corrected chi connectivity index (χ4v) is 2.24. The van der Waals surface area contributed by atoms with Crippen molar-refractivity contribution >= 4 is 23.3 Å². The van der Waals surface area contributed by atoms with Crippen LogP contribution in [-0.2, 0) is 9.53 Å². The van der Waals surface area contributed by atoms with Gasteiger partial charge in [-0.15, -0.1) is 0 Å². The Hall–Kier alpha value is -3.02. The first-order valence-corrected chi connectivity index (χ1v) is 9.16. The predicted molar refractivity (Wildman–Crippen MR) is 106 cm³/mol. The Kier molecular flexibility index (Phi) is 8.16. The molecule has 0 heterocycles. The molecule has 0 aliphatic rings. The molecule has 144 valence electrons. The van der Waals surface area contributed by atoms with Gasteiger partial charge in [-0.1, -0.05) is 13.8 Å². The van der Waals surface area contributed by atoms with Gasteiger partial charge in [0.1, 0.15) is 5.75 Å². The molecule has 2 aromatic rings. The summed E-state index contributed by atoms with van der Waals surface area (Å²) >= 11 is 0. The SMILES string of the molecule is CCCOC(=O)c1ccc(NCC(=O)Nc2ccc(OCCC)cc2)cc1. The smallest absolute Gasteiger partial charge is 0.338 e. The third kappa shape index (κ3) is 7.01. The van der Waals surface area contributed by atoms with Crippen molar-refractivity contribution in [1.82, 2.24) is 0 Å². The predicted octanol–water partition coefficient (Wildman–Crippen LogP) is 4.09. The third-order valence-corrected chi connectivity index (χ3v) is 3.62. The van der Waals surface area contributed by atoms with E-state index in [4.69, 9.17) is 9.47 Å². The van der Waals surface area contributed by atoms with Crippen LogP contribution in [0.5, 0.6) is 5.75 Å². The van der Waals surface area contributed by atoms with E-state index in [1.807, 2.05) is 26.0 Å². The summed E-state index contributed by atoms with van der Waals surface area (Å²) in [4.78, 5) is 23.8. The highest BCUT2D eigenvalue weighted by Crippen LogP contribution is 2.16. The normalized spacial score (nSPS) is 10.1. The van der Waals surface area contributed by atoms with Crippen molar-refractivity contribution < 1.29 is 19.1 Å². The van der Waals surface area contributed by atoms with Gasteiger partial charge in [0.05, 0.1) is 25.3 Å². The van der Waals surface area contributed by atoms with E-state index in [9.17, 15) is 9.59 Å². The molecule has 0 aromatic heterocycles. The van der Waals surface area contributed by atoms with Crippen molar-refractivity contribution in [2.75, 3.05) is 30.4 Å². The van der Waals surface area contributed by atoms with E-state index in [0.29, 0.717) is 24.5 Å². The molecular formula is C21H26N2O4. The fourth-order valence-electron chi connectivity index (χ4n) is 2.24. The average Bonchev–Trinajstić information content (AvgIpc) is 2.70. The second kappa shape index (κ2) is 10.9. The molecule has 0 saturated heterocycles. The van der Waals surface area contributed by atoms with E-state index in [1.165, 1.54) is 0 Å². The van der Waals surface area contributed by atoms with Gasteiger partial charge in [-0.2, -0.15) is 0 Å². The monoisotopic (exact) mass is 370 g/mol. The number of hydrogen-bond acceptors (Lipinski definition) is 5. The molecule has 6 heteroatoms. The Balaban J connectivity index is 1.78. The van der Waals surface area contributed by atoms with Crippen LogP contribution < -0.4 is 15.4 Å². The molecule has 0 fully saturated rings. The largest absolute Gasteiger partial charge is 0.494 e. The summed E-state index contributed by atoms with van der Waals surface area (Å²) in [5.74, 6) is 0.279. The molecular weight excluding hydrogens is 344 g/mol. The van der Waals surface area contributed by atoms with E-state index in [2.05, 4.69) is 10.6 Å². The number of hydrogen-bond donors (Lipinski definition) is 2. The lowest BCUT2D eigenvalue weighted by Crippen LogP contribution is -2.21. The molecule has 0 aliphatic heterocycles. The van der Waals surface area contributed by atoms with Crippen LogP contribution in [0.25, 0.3) is 0 Å². The number of ether oxygens (including phenoxy) is 2. The second-order valence-electron chi connectivity index (χ2n) is 5.99. The Bertz CT molecular complexity index is 727. The van der Waals surface area contributed by atoms with Crippen molar-refractivity contribution in [1.29, 1.82) is 0 Å². The lowest BCUT2D eigenvalue weighted by molar-refractivity contribution is -0.114. The standard InChI is InChI=1S/C21H26N2O4/c1-3-13-26-19-11-9-18(10-12-19)23-20(24)15-22-17-7-5-16(6-8-17)21(25)27-14-4-2/h5-12,22H,3-4,13-15H2,1-2H3,(H,23,24). The summed E-state index contributed by atoms with van der Waals surface area (Å²) in [5, 5.41) is 5.84. The quantitative estimate of drug-likeness (QED) is 0.616. The summed E-state index contributed by atoms with van der Waals surface area (Å²) < 4.78 is 10.6. The molecule has 27 heavy (non-hydrogen) atoms. The summed E-state index contributed by atoms with van der Waals surface area (Å²) in [6, 6.07) is 14.1. The highest BCUT2D eigenvalue weighted by atomic mass is 16.5. The Labute approximate surface area is 159 Å². The van der Waals surface area contributed by atoms with Crippen LogP contribution in [0, 0.1) is 0 Å². The molecule has 0 unspecified atom stereocenters. The average molecular weight is 370 g/mol. The number of rotatable bonds is 10. The van der Waals surface area contributed by atoms with Gasteiger partial charge in [0.25, 0.3) is 0 Å². The number of carbonyl (C=O) groups is 2. The lowest BCUT2D eigenvalue weighted by Gasteiger charge is -2.09. The van der Waals surface area contributed by atoms with Gasteiger partial charge in [0.15, 0.2) is 0 Å². The molecule has 6 nitrogen and oxygen atoms in total. The summed E-state index contributed by atoms with van der Waals surface area (Å²) in [6.45, 7) is 5.19. The summed E-state index contributed by atoms with van der Waals surface area (Å²) in [7, 11) is 0. The zero-order valence-corrected chi connectivity index (χ0v) is 15.8. The lowest BCUT2D eigenvalue weighted by atomic mass is 10.2. The van der Waals surface area contributed by atoms with Crippen LogP contribution in [0.15, 0.2) is 48.5 Å². The van der Waals surface area contributed by atoms with Crippen LogP contribution in [-0.4, -0.2) is 31.6 Å².